The Morgan fingerprint density at radius 1 is 1.08 bits per heavy atom. The Bertz CT molecular complexity index is 808. The number of hydrogen-bond donors (Lipinski definition) is 1. The van der Waals surface area contributed by atoms with E-state index in [4.69, 9.17) is 0 Å². The normalized spacial score (nSPS) is 10.4. The second kappa shape index (κ2) is 7.00. The fraction of sp³-hybridized carbons (Fsp3) is 0.158. The van der Waals surface area contributed by atoms with Gasteiger partial charge in [-0.25, -0.2) is 4.68 Å². The molecule has 0 bridgehead atoms. The number of benzene rings is 2. The van der Waals surface area contributed by atoms with E-state index < -0.39 is 0 Å². The summed E-state index contributed by atoms with van der Waals surface area (Å²) in [5.74, 6) is -0.113. The summed E-state index contributed by atoms with van der Waals surface area (Å²) in [4.78, 5) is 14.6. The van der Waals surface area contributed by atoms with Crippen LogP contribution in [-0.2, 0) is 6.54 Å². The molecule has 0 aliphatic carbocycles. The van der Waals surface area contributed by atoms with Gasteiger partial charge < -0.3 is 10.2 Å². The molecule has 0 atom stereocenters. The summed E-state index contributed by atoms with van der Waals surface area (Å²) in [6.45, 7) is 0.486. The molecule has 5 nitrogen and oxygen atoms in total. The largest absolute Gasteiger partial charge is 0.378 e. The fourth-order valence-electron chi connectivity index (χ4n) is 2.47. The van der Waals surface area contributed by atoms with Crippen LogP contribution in [0.2, 0.25) is 0 Å². The molecule has 0 spiro atoms. The highest BCUT2D eigenvalue weighted by molar-refractivity contribution is 5.97. The van der Waals surface area contributed by atoms with Crippen molar-refractivity contribution in [1.29, 1.82) is 0 Å². The Morgan fingerprint density at radius 2 is 1.83 bits per heavy atom. The summed E-state index contributed by atoms with van der Waals surface area (Å²) in [6.07, 6.45) is 3.52. The molecule has 3 aromatic rings. The van der Waals surface area contributed by atoms with Crippen LogP contribution < -0.4 is 10.2 Å². The van der Waals surface area contributed by atoms with Gasteiger partial charge in [-0.3, -0.25) is 4.79 Å². The van der Waals surface area contributed by atoms with Crippen LogP contribution in [0.1, 0.15) is 15.9 Å². The summed E-state index contributed by atoms with van der Waals surface area (Å²) in [6, 6.07) is 17.4. The highest BCUT2D eigenvalue weighted by atomic mass is 16.1. The number of hydrogen-bond acceptors (Lipinski definition) is 3. The quantitative estimate of drug-likeness (QED) is 0.786. The van der Waals surface area contributed by atoms with Gasteiger partial charge in [-0.2, -0.15) is 5.10 Å². The van der Waals surface area contributed by atoms with Crippen molar-refractivity contribution in [2.45, 2.75) is 6.54 Å². The average Bonchev–Trinajstić information content (AvgIpc) is 3.14. The number of amides is 1. The summed E-state index contributed by atoms with van der Waals surface area (Å²) in [5.41, 5.74) is 3.56. The van der Waals surface area contributed by atoms with Gasteiger partial charge in [-0.15, -0.1) is 0 Å². The van der Waals surface area contributed by atoms with Gasteiger partial charge in [0.05, 0.1) is 11.3 Å². The molecule has 2 aromatic carbocycles. The zero-order valence-corrected chi connectivity index (χ0v) is 13.8. The van der Waals surface area contributed by atoms with E-state index in [1.54, 1.807) is 10.9 Å². The monoisotopic (exact) mass is 320 g/mol. The fourth-order valence-corrected chi connectivity index (χ4v) is 2.47. The predicted octanol–water partition coefficient (Wildman–Crippen LogP) is 2.87. The van der Waals surface area contributed by atoms with Crippen LogP contribution in [0.5, 0.6) is 0 Å². The second-order valence-electron chi connectivity index (χ2n) is 5.71. The third kappa shape index (κ3) is 3.46. The number of anilines is 1. The van der Waals surface area contributed by atoms with Gasteiger partial charge in [0.15, 0.2) is 0 Å². The highest BCUT2D eigenvalue weighted by Gasteiger charge is 2.12. The minimum Gasteiger partial charge on any atom is -0.378 e. The van der Waals surface area contributed by atoms with E-state index in [1.165, 1.54) is 0 Å². The van der Waals surface area contributed by atoms with Crippen LogP contribution >= 0.6 is 0 Å². The lowest BCUT2D eigenvalue weighted by molar-refractivity contribution is 0.0951. The van der Waals surface area contributed by atoms with Crippen LogP contribution in [0.3, 0.4) is 0 Å². The Kier molecular flexibility index (Phi) is 4.61. The number of nitrogens with zero attached hydrogens (tertiary/aromatic N) is 3. The minimum absolute atomic E-state index is 0.113. The number of rotatable bonds is 5. The smallest absolute Gasteiger partial charge is 0.253 e. The predicted molar refractivity (Wildman–Crippen MR) is 95.5 cm³/mol. The lowest BCUT2D eigenvalue weighted by Gasteiger charge is -2.13. The molecule has 1 aromatic heterocycles. The minimum atomic E-state index is -0.113. The van der Waals surface area contributed by atoms with Crippen molar-refractivity contribution < 1.29 is 4.79 Å². The summed E-state index contributed by atoms with van der Waals surface area (Å²) < 4.78 is 1.70. The molecule has 5 heteroatoms. The van der Waals surface area contributed by atoms with E-state index in [0.29, 0.717) is 12.1 Å². The molecule has 0 aliphatic rings. The van der Waals surface area contributed by atoms with E-state index in [9.17, 15) is 4.79 Å². The number of nitrogens with one attached hydrogen (secondary N) is 1. The maximum atomic E-state index is 12.5. The molecule has 0 fully saturated rings. The Labute approximate surface area is 141 Å². The Hall–Kier alpha value is -3.08. The molecule has 122 valence electrons. The number of carbonyl (C=O) groups is 1. The van der Waals surface area contributed by atoms with E-state index in [0.717, 1.165) is 16.9 Å². The molecule has 1 amide bonds. The SMILES string of the molecule is CN(C)c1ccc(CNC(=O)c2ccccc2-n2cccn2)cc1. The summed E-state index contributed by atoms with van der Waals surface area (Å²) >= 11 is 0. The highest BCUT2D eigenvalue weighted by Crippen LogP contribution is 2.15. The average molecular weight is 320 g/mol. The van der Waals surface area contributed by atoms with Crippen molar-refractivity contribution in [1.82, 2.24) is 15.1 Å². The molecule has 3 rings (SSSR count). The Balaban J connectivity index is 1.72. The molecular formula is C19H20N4O. The van der Waals surface area contributed by atoms with Crippen molar-refractivity contribution >= 4 is 11.6 Å². The third-order valence-corrected chi connectivity index (χ3v) is 3.81. The maximum absolute atomic E-state index is 12.5. The van der Waals surface area contributed by atoms with Gasteiger partial charge >= 0.3 is 0 Å². The van der Waals surface area contributed by atoms with Crippen LogP contribution in [0.4, 0.5) is 5.69 Å². The first-order chi connectivity index (χ1) is 11.6. The van der Waals surface area contributed by atoms with E-state index >= 15 is 0 Å². The van der Waals surface area contributed by atoms with Gasteiger partial charge in [-0.05, 0) is 35.9 Å². The number of para-hydroxylation sites is 1. The molecule has 0 radical (unpaired) electrons. The third-order valence-electron chi connectivity index (χ3n) is 3.81. The van der Waals surface area contributed by atoms with Crippen molar-refractivity contribution in [3.8, 4) is 5.69 Å². The second-order valence-corrected chi connectivity index (χ2v) is 5.71. The first kappa shape index (κ1) is 15.8. The standard InChI is InChI=1S/C19H20N4O/c1-22(2)16-10-8-15(9-11-16)14-20-19(24)17-6-3-4-7-18(17)23-13-5-12-21-23/h3-13H,14H2,1-2H3,(H,20,24). The molecule has 0 aliphatic heterocycles. The Morgan fingerprint density at radius 3 is 2.50 bits per heavy atom. The van der Waals surface area contributed by atoms with E-state index in [2.05, 4.69) is 10.4 Å². The summed E-state index contributed by atoms with van der Waals surface area (Å²) in [5, 5.41) is 7.18. The van der Waals surface area contributed by atoms with Gasteiger partial charge in [0.1, 0.15) is 0 Å². The van der Waals surface area contributed by atoms with Crippen LogP contribution in [-0.4, -0.2) is 29.8 Å². The number of aromatic nitrogens is 2. The molecule has 1 heterocycles. The lowest BCUT2D eigenvalue weighted by atomic mass is 10.1. The maximum Gasteiger partial charge on any atom is 0.253 e. The van der Waals surface area contributed by atoms with Gasteiger partial charge in [0.25, 0.3) is 5.91 Å². The van der Waals surface area contributed by atoms with Crippen LogP contribution in [0.15, 0.2) is 67.0 Å². The van der Waals surface area contributed by atoms with Crippen molar-refractivity contribution in [2.24, 2.45) is 0 Å². The first-order valence-electron chi connectivity index (χ1n) is 7.78. The van der Waals surface area contributed by atoms with Gasteiger partial charge in [0.2, 0.25) is 0 Å². The molecular weight excluding hydrogens is 300 g/mol. The molecule has 0 unspecified atom stereocenters. The zero-order valence-electron chi connectivity index (χ0n) is 13.8. The molecule has 1 N–H and O–H groups in total. The summed E-state index contributed by atoms with van der Waals surface area (Å²) in [7, 11) is 4.01. The number of carbonyl (C=O) groups excluding carboxylic acids is 1. The van der Waals surface area contributed by atoms with Gasteiger partial charge in [-0.1, -0.05) is 24.3 Å². The van der Waals surface area contributed by atoms with Crippen molar-refractivity contribution in [3.05, 3.63) is 78.1 Å². The first-order valence-corrected chi connectivity index (χ1v) is 7.78. The lowest BCUT2D eigenvalue weighted by Crippen LogP contribution is -2.24. The molecule has 24 heavy (non-hydrogen) atoms. The van der Waals surface area contributed by atoms with Gasteiger partial charge in [0, 0.05) is 38.7 Å². The molecule has 0 saturated heterocycles. The van der Waals surface area contributed by atoms with E-state index in [-0.39, 0.29) is 5.91 Å². The van der Waals surface area contributed by atoms with Crippen LogP contribution in [0, 0.1) is 0 Å². The van der Waals surface area contributed by atoms with Crippen LogP contribution in [0.25, 0.3) is 5.69 Å². The van der Waals surface area contributed by atoms with E-state index in [1.807, 2.05) is 79.8 Å². The zero-order chi connectivity index (χ0) is 16.9. The topological polar surface area (TPSA) is 50.2 Å². The molecule has 0 saturated carbocycles. The van der Waals surface area contributed by atoms with Crippen molar-refractivity contribution in [2.75, 3.05) is 19.0 Å². The van der Waals surface area contributed by atoms with Crippen molar-refractivity contribution in [3.63, 3.8) is 0 Å².